The van der Waals surface area contributed by atoms with Crippen LogP contribution in [0, 0.1) is 11.7 Å². The maximum Gasteiger partial charge on any atom is 0.240 e. The predicted molar refractivity (Wildman–Crippen MR) is 95.8 cm³/mol. The number of sulfonamides is 1. The third-order valence-corrected chi connectivity index (χ3v) is 6.43. The van der Waals surface area contributed by atoms with E-state index < -0.39 is 21.9 Å². The van der Waals surface area contributed by atoms with Crippen LogP contribution >= 0.6 is 0 Å². The Labute approximate surface area is 158 Å². The van der Waals surface area contributed by atoms with Gasteiger partial charge < -0.3 is 15.2 Å². The molecule has 2 aliphatic rings. The second kappa shape index (κ2) is 8.64. The number of aliphatic hydroxyl groups is 1. The SMILES string of the molecule is O=C(N[C@@H]1CC[C@@H](CCNS(=O)(=O)c2ccc(F)cc2)O[C@H]1CO)C1CC1. The smallest absolute Gasteiger partial charge is 0.240 e. The minimum Gasteiger partial charge on any atom is -0.394 e. The van der Waals surface area contributed by atoms with E-state index in [4.69, 9.17) is 4.74 Å². The Morgan fingerprint density at radius 2 is 1.89 bits per heavy atom. The number of benzene rings is 1. The lowest BCUT2D eigenvalue weighted by Crippen LogP contribution is -2.51. The lowest BCUT2D eigenvalue weighted by Gasteiger charge is -2.36. The van der Waals surface area contributed by atoms with Crippen LogP contribution in [0.2, 0.25) is 0 Å². The molecule has 9 heteroatoms. The molecule has 0 bridgehead atoms. The molecule has 0 unspecified atom stereocenters. The minimum atomic E-state index is -3.70. The molecule has 3 N–H and O–H groups in total. The topological polar surface area (TPSA) is 105 Å². The van der Waals surface area contributed by atoms with Crippen molar-refractivity contribution in [2.24, 2.45) is 5.92 Å². The molecular weight excluding hydrogens is 375 g/mol. The highest BCUT2D eigenvalue weighted by Gasteiger charge is 2.36. The largest absolute Gasteiger partial charge is 0.394 e. The van der Waals surface area contributed by atoms with Gasteiger partial charge >= 0.3 is 0 Å². The summed E-state index contributed by atoms with van der Waals surface area (Å²) in [6, 6.07) is 4.41. The molecule has 0 spiro atoms. The Bertz CT molecular complexity index is 752. The van der Waals surface area contributed by atoms with Crippen molar-refractivity contribution in [3.8, 4) is 0 Å². The Balaban J connectivity index is 1.46. The van der Waals surface area contributed by atoms with Crippen molar-refractivity contribution in [1.82, 2.24) is 10.0 Å². The van der Waals surface area contributed by atoms with Gasteiger partial charge in [0.2, 0.25) is 15.9 Å². The number of amides is 1. The third-order valence-electron chi connectivity index (χ3n) is 4.95. The maximum absolute atomic E-state index is 12.9. The molecule has 3 rings (SSSR count). The molecule has 2 fully saturated rings. The van der Waals surface area contributed by atoms with E-state index in [1.165, 1.54) is 12.1 Å². The quantitative estimate of drug-likeness (QED) is 0.602. The summed E-state index contributed by atoms with van der Waals surface area (Å²) in [6.45, 7) is -0.0327. The van der Waals surface area contributed by atoms with Gasteiger partial charge in [0.1, 0.15) is 11.9 Å². The van der Waals surface area contributed by atoms with E-state index in [1.807, 2.05) is 0 Å². The standard InChI is InChI=1S/C18H25FN2O5S/c19-13-3-6-15(7-4-13)27(24,25)20-10-9-14-5-8-16(17(11-22)26-14)21-18(23)12-1-2-12/h3-4,6-7,12,14,16-17,20,22H,1-2,5,8-11H2,(H,21,23)/t14-,16+,17-/m0/s1. The Morgan fingerprint density at radius 3 is 2.52 bits per heavy atom. The number of aliphatic hydroxyl groups excluding tert-OH is 1. The normalized spacial score (nSPS) is 25.9. The summed E-state index contributed by atoms with van der Waals surface area (Å²) in [5.41, 5.74) is 0. The molecule has 1 saturated carbocycles. The second-order valence-electron chi connectivity index (χ2n) is 7.09. The first-order valence-electron chi connectivity index (χ1n) is 9.21. The molecular formula is C18H25FN2O5S. The zero-order chi connectivity index (χ0) is 19.4. The average Bonchev–Trinajstić information content (AvgIpc) is 3.48. The van der Waals surface area contributed by atoms with Crippen LogP contribution in [0.5, 0.6) is 0 Å². The molecule has 7 nitrogen and oxygen atoms in total. The van der Waals surface area contributed by atoms with Crippen LogP contribution in [0.4, 0.5) is 4.39 Å². The third kappa shape index (κ3) is 5.47. The zero-order valence-electron chi connectivity index (χ0n) is 14.9. The summed E-state index contributed by atoms with van der Waals surface area (Å²) >= 11 is 0. The Morgan fingerprint density at radius 1 is 1.19 bits per heavy atom. The van der Waals surface area contributed by atoms with E-state index in [0.29, 0.717) is 19.3 Å². The molecule has 0 radical (unpaired) electrons. The lowest BCUT2D eigenvalue weighted by atomic mass is 9.97. The van der Waals surface area contributed by atoms with Crippen molar-refractivity contribution >= 4 is 15.9 Å². The number of nitrogens with one attached hydrogen (secondary N) is 2. The fourth-order valence-electron chi connectivity index (χ4n) is 3.21. The summed E-state index contributed by atoms with van der Waals surface area (Å²) in [4.78, 5) is 11.9. The van der Waals surface area contributed by atoms with Gasteiger partial charge in [-0.2, -0.15) is 0 Å². The van der Waals surface area contributed by atoms with Gasteiger partial charge in [0.15, 0.2) is 0 Å². The van der Waals surface area contributed by atoms with Gasteiger partial charge in [-0.05, 0) is 56.4 Å². The van der Waals surface area contributed by atoms with Gasteiger partial charge in [0.05, 0.1) is 23.6 Å². The predicted octanol–water partition coefficient (Wildman–Crippen LogP) is 0.929. The van der Waals surface area contributed by atoms with E-state index in [9.17, 15) is 22.7 Å². The second-order valence-corrected chi connectivity index (χ2v) is 8.85. The van der Waals surface area contributed by atoms with Gasteiger partial charge in [-0.25, -0.2) is 17.5 Å². The molecule has 1 saturated heterocycles. The van der Waals surface area contributed by atoms with Gasteiger partial charge in [0.25, 0.3) is 0 Å². The van der Waals surface area contributed by atoms with E-state index in [2.05, 4.69) is 10.0 Å². The molecule has 3 atom stereocenters. The van der Waals surface area contributed by atoms with Crippen LogP contribution in [0.15, 0.2) is 29.2 Å². The average molecular weight is 400 g/mol. The van der Waals surface area contributed by atoms with Crippen LogP contribution in [0.3, 0.4) is 0 Å². The lowest BCUT2D eigenvalue weighted by molar-refractivity contribution is -0.129. The number of carbonyl (C=O) groups excluding carboxylic acids is 1. The Kier molecular flexibility index (Phi) is 6.46. The summed E-state index contributed by atoms with van der Waals surface area (Å²) in [7, 11) is -3.70. The zero-order valence-corrected chi connectivity index (χ0v) is 15.8. The summed E-state index contributed by atoms with van der Waals surface area (Å²) in [5.74, 6) is -0.376. The van der Waals surface area contributed by atoms with Crippen molar-refractivity contribution in [2.45, 2.75) is 55.2 Å². The molecule has 1 aliphatic heterocycles. The van der Waals surface area contributed by atoms with E-state index >= 15 is 0 Å². The van der Waals surface area contributed by atoms with Crippen molar-refractivity contribution in [2.75, 3.05) is 13.2 Å². The molecule has 0 aromatic heterocycles. The monoisotopic (exact) mass is 400 g/mol. The van der Waals surface area contributed by atoms with Crippen molar-refractivity contribution in [3.05, 3.63) is 30.1 Å². The van der Waals surface area contributed by atoms with Crippen molar-refractivity contribution < 1.29 is 27.4 Å². The highest BCUT2D eigenvalue weighted by molar-refractivity contribution is 7.89. The summed E-state index contributed by atoms with van der Waals surface area (Å²) in [6.07, 6.45) is 2.94. The van der Waals surface area contributed by atoms with Crippen LogP contribution < -0.4 is 10.0 Å². The fourth-order valence-corrected chi connectivity index (χ4v) is 4.25. The minimum absolute atomic E-state index is 0.00421. The number of ether oxygens (including phenoxy) is 1. The molecule has 1 amide bonds. The highest BCUT2D eigenvalue weighted by Crippen LogP contribution is 2.30. The fraction of sp³-hybridized carbons (Fsp3) is 0.611. The first kappa shape index (κ1) is 20.2. The molecule has 1 heterocycles. The first-order valence-corrected chi connectivity index (χ1v) is 10.7. The van der Waals surface area contributed by atoms with Gasteiger partial charge in [-0.3, -0.25) is 4.79 Å². The van der Waals surface area contributed by atoms with E-state index in [-0.39, 0.29) is 42.0 Å². The summed E-state index contributed by atoms with van der Waals surface area (Å²) in [5, 5.41) is 12.5. The van der Waals surface area contributed by atoms with E-state index in [1.54, 1.807) is 0 Å². The molecule has 1 aliphatic carbocycles. The molecule has 27 heavy (non-hydrogen) atoms. The van der Waals surface area contributed by atoms with Gasteiger partial charge in [0, 0.05) is 12.5 Å². The van der Waals surface area contributed by atoms with Gasteiger partial charge in [-0.1, -0.05) is 0 Å². The van der Waals surface area contributed by atoms with E-state index in [0.717, 1.165) is 25.0 Å². The number of carbonyl (C=O) groups is 1. The van der Waals surface area contributed by atoms with Gasteiger partial charge in [-0.15, -0.1) is 0 Å². The van der Waals surface area contributed by atoms with Crippen molar-refractivity contribution in [1.29, 1.82) is 0 Å². The molecule has 1 aromatic carbocycles. The number of hydrogen-bond donors (Lipinski definition) is 3. The molecule has 1 aromatic rings. The first-order chi connectivity index (χ1) is 12.9. The number of hydrogen-bond acceptors (Lipinski definition) is 5. The van der Waals surface area contributed by atoms with Crippen molar-refractivity contribution in [3.63, 3.8) is 0 Å². The number of halogens is 1. The molecule has 150 valence electrons. The van der Waals surface area contributed by atoms with Crippen LogP contribution in [0.1, 0.15) is 32.1 Å². The van der Waals surface area contributed by atoms with Crippen LogP contribution in [-0.4, -0.2) is 50.8 Å². The maximum atomic E-state index is 12.9. The summed E-state index contributed by atoms with van der Waals surface area (Å²) < 4.78 is 45.6. The Hall–Kier alpha value is -1.55. The number of rotatable bonds is 8. The highest BCUT2D eigenvalue weighted by atomic mass is 32.2. The van der Waals surface area contributed by atoms with Crippen LogP contribution in [0.25, 0.3) is 0 Å². The van der Waals surface area contributed by atoms with Crippen LogP contribution in [-0.2, 0) is 19.6 Å².